The second-order valence-corrected chi connectivity index (χ2v) is 3.65. The lowest BCUT2D eigenvalue weighted by molar-refractivity contribution is 0.102. The highest BCUT2D eigenvalue weighted by Gasteiger charge is 2.12. The molecule has 0 fully saturated rings. The first-order valence-electron chi connectivity index (χ1n) is 4.81. The number of rotatable bonds is 2. The number of nitrogens with zero attached hydrogens (tertiary/aromatic N) is 2. The molecule has 0 atom stereocenters. The number of hydrogen-bond acceptors (Lipinski definition) is 4. The minimum atomic E-state index is -0.372. The number of amides is 1. The summed E-state index contributed by atoms with van der Waals surface area (Å²) in [5.74, 6) is -0.0150. The number of carbonyl (C=O) groups is 1. The van der Waals surface area contributed by atoms with Gasteiger partial charge in [-0.25, -0.2) is 0 Å². The summed E-state index contributed by atoms with van der Waals surface area (Å²) in [6.07, 6.45) is 1.52. The van der Waals surface area contributed by atoms with Gasteiger partial charge in [-0.3, -0.25) is 4.79 Å². The van der Waals surface area contributed by atoms with E-state index >= 15 is 0 Å². The van der Waals surface area contributed by atoms with Gasteiger partial charge in [0, 0.05) is 6.20 Å². The zero-order valence-corrected chi connectivity index (χ0v) is 9.48. The Balaban J connectivity index is 2.24. The summed E-state index contributed by atoms with van der Waals surface area (Å²) >= 11 is 5.93. The number of anilines is 2. The Labute approximate surface area is 103 Å². The minimum absolute atomic E-state index is 0.230. The van der Waals surface area contributed by atoms with Crippen LogP contribution in [0.25, 0.3) is 0 Å². The Morgan fingerprint density at radius 1 is 1.29 bits per heavy atom. The van der Waals surface area contributed by atoms with Crippen molar-refractivity contribution in [1.82, 2.24) is 10.2 Å². The number of nitrogen functional groups attached to an aromatic ring is 1. The first-order valence-corrected chi connectivity index (χ1v) is 5.19. The zero-order chi connectivity index (χ0) is 12.3. The van der Waals surface area contributed by atoms with Gasteiger partial charge in [0.1, 0.15) is 0 Å². The van der Waals surface area contributed by atoms with Crippen LogP contribution in [0.3, 0.4) is 0 Å². The fourth-order valence-corrected chi connectivity index (χ4v) is 1.49. The highest BCUT2D eigenvalue weighted by Crippen LogP contribution is 2.23. The normalized spacial score (nSPS) is 9.94. The molecule has 0 aliphatic heterocycles. The zero-order valence-electron chi connectivity index (χ0n) is 8.72. The van der Waals surface area contributed by atoms with Crippen LogP contribution in [0.1, 0.15) is 10.4 Å². The van der Waals surface area contributed by atoms with Crippen LogP contribution in [0.4, 0.5) is 11.5 Å². The molecule has 0 aliphatic carbocycles. The van der Waals surface area contributed by atoms with E-state index in [4.69, 9.17) is 17.3 Å². The maximum atomic E-state index is 11.9. The van der Waals surface area contributed by atoms with Crippen LogP contribution in [0, 0.1) is 0 Å². The molecule has 17 heavy (non-hydrogen) atoms. The fraction of sp³-hybridized carbons (Fsp3) is 0. The molecule has 1 amide bonds. The van der Waals surface area contributed by atoms with Gasteiger partial charge in [0.05, 0.1) is 16.3 Å². The van der Waals surface area contributed by atoms with Crippen LogP contribution in [-0.4, -0.2) is 16.1 Å². The highest BCUT2D eigenvalue weighted by atomic mass is 35.5. The molecule has 0 unspecified atom stereocenters. The molecule has 0 saturated carbocycles. The van der Waals surface area contributed by atoms with Crippen LogP contribution >= 0.6 is 11.6 Å². The molecule has 6 heteroatoms. The van der Waals surface area contributed by atoms with Crippen LogP contribution < -0.4 is 11.1 Å². The highest BCUT2D eigenvalue weighted by molar-refractivity contribution is 6.36. The first-order chi connectivity index (χ1) is 8.18. The standard InChI is InChI=1S/C11H9ClN4O/c12-10-7(3-1-4-8(10)13)11(17)15-9-5-2-6-14-16-9/h1-6H,13H2,(H,15,16,17). The molecule has 0 spiro atoms. The molecule has 1 aromatic heterocycles. The van der Waals surface area contributed by atoms with Crippen molar-refractivity contribution in [2.75, 3.05) is 11.1 Å². The summed E-state index contributed by atoms with van der Waals surface area (Å²) in [4.78, 5) is 11.9. The van der Waals surface area contributed by atoms with E-state index in [-0.39, 0.29) is 10.9 Å². The van der Waals surface area contributed by atoms with Crippen LogP contribution in [0.15, 0.2) is 36.5 Å². The molecule has 2 aromatic rings. The predicted molar refractivity (Wildman–Crippen MR) is 65.8 cm³/mol. The van der Waals surface area contributed by atoms with E-state index in [1.807, 2.05) is 0 Å². The van der Waals surface area contributed by atoms with Crippen molar-refractivity contribution < 1.29 is 4.79 Å². The van der Waals surface area contributed by atoms with E-state index in [9.17, 15) is 4.79 Å². The molecule has 0 radical (unpaired) electrons. The molecule has 1 aromatic carbocycles. The third kappa shape index (κ3) is 2.51. The quantitative estimate of drug-likeness (QED) is 0.796. The summed E-state index contributed by atoms with van der Waals surface area (Å²) in [5.41, 5.74) is 6.27. The molecule has 86 valence electrons. The van der Waals surface area contributed by atoms with Crippen LogP contribution in [0.5, 0.6) is 0 Å². The summed E-state index contributed by atoms with van der Waals surface area (Å²) in [5, 5.41) is 10.2. The predicted octanol–water partition coefficient (Wildman–Crippen LogP) is 1.96. The number of aromatic nitrogens is 2. The van der Waals surface area contributed by atoms with E-state index in [1.54, 1.807) is 30.3 Å². The molecular weight excluding hydrogens is 240 g/mol. The molecule has 0 bridgehead atoms. The number of nitrogens with two attached hydrogens (primary N) is 1. The second kappa shape index (κ2) is 4.80. The molecule has 5 nitrogen and oxygen atoms in total. The van der Waals surface area contributed by atoms with Gasteiger partial charge < -0.3 is 11.1 Å². The Hall–Kier alpha value is -2.14. The van der Waals surface area contributed by atoms with Crippen molar-refractivity contribution in [2.24, 2.45) is 0 Å². The maximum absolute atomic E-state index is 11.9. The van der Waals surface area contributed by atoms with Gasteiger partial charge in [-0.1, -0.05) is 17.7 Å². The lowest BCUT2D eigenvalue weighted by Crippen LogP contribution is -2.14. The third-order valence-electron chi connectivity index (χ3n) is 2.09. The van der Waals surface area contributed by atoms with Gasteiger partial charge in [0.25, 0.3) is 5.91 Å². The number of halogens is 1. The average Bonchev–Trinajstić information content (AvgIpc) is 2.34. The van der Waals surface area contributed by atoms with Crippen LogP contribution in [0.2, 0.25) is 5.02 Å². The van der Waals surface area contributed by atoms with Crippen molar-refractivity contribution in [3.8, 4) is 0 Å². The summed E-state index contributed by atoms with van der Waals surface area (Å²) < 4.78 is 0. The number of hydrogen-bond donors (Lipinski definition) is 2. The minimum Gasteiger partial charge on any atom is -0.398 e. The van der Waals surface area contributed by atoms with Crippen molar-refractivity contribution >= 4 is 29.0 Å². The Morgan fingerprint density at radius 3 is 2.82 bits per heavy atom. The van der Waals surface area contributed by atoms with Gasteiger partial charge in [-0.05, 0) is 24.3 Å². The monoisotopic (exact) mass is 248 g/mol. The molecule has 0 saturated heterocycles. The molecule has 2 rings (SSSR count). The second-order valence-electron chi connectivity index (χ2n) is 3.27. The smallest absolute Gasteiger partial charge is 0.258 e. The molecule has 3 N–H and O–H groups in total. The number of benzene rings is 1. The van der Waals surface area contributed by atoms with Crippen molar-refractivity contribution in [2.45, 2.75) is 0 Å². The Kier molecular flexibility index (Phi) is 3.20. The van der Waals surface area contributed by atoms with Gasteiger partial charge in [-0.15, -0.1) is 5.10 Å². The number of carbonyl (C=O) groups excluding carboxylic acids is 1. The topological polar surface area (TPSA) is 80.9 Å². The summed E-state index contributed by atoms with van der Waals surface area (Å²) in [7, 11) is 0. The lowest BCUT2D eigenvalue weighted by Gasteiger charge is -2.06. The van der Waals surface area contributed by atoms with E-state index in [0.29, 0.717) is 17.1 Å². The van der Waals surface area contributed by atoms with Crippen LogP contribution in [-0.2, 0) is 0 Å². The Morgan fingerprint density at radius 2 is 2.12 bits per heavy atom. The van der Waals surface area contributed by atoms with E-state index in [2.05, 4.69) is 15.5 Å². The van der Waals surface area contributed by atoms with Gasteiger partial charge in [-0.2, -0.15) is 5.10 Å². The van der Waals surface area contributed by atoms with E-state index in [0.717, 1.165) is 0 Å². The average molecular weight is 249 g/mol. The largest absolute Gasteiger partial charge is 0.398 e. The summed E-state index contributed by atoms with van der Waals surface area (Å²) in [6, 6.07) is 8.17. The van der Waals surface area contributed by atoms with E-state index in [1.165, 1.54) is 6.20 Å². The Bertz CT molecular complexity index is 544. The molecular formula is C11H9ClN4O. The maximum Gasteiger partial charge on any atom is 0.258 e. The van der Waals surface area contributed by atoms with Crippen molar-refractivity contribution in [3.05, 3.63) is 47.1 Å². The lowest BCUT2D eigenvalue weighted by atomic mass is 10.2. The molecule has 0 aliphatic rings. The van der Waals surface area contributed by atoms with E-state index < -0.39 is 0 Å². The fourth-order valence-electron chi connectivity index (χ4n) is 1.28. The van der Waals surface area contributed by atoms with Gasteiger partial charge in [0.2, 0.25) is 0 Å². The first kappa shape index (κ1) is 11.3. The third-order valence-corrected chi connectivity index (χ3v) is 2.51. The molecule has 1 heterocycles. The SMILES string of the molecule is Nc1cccc(C(=O)Nc2cccnn2)c1Cl. The van der Waals surface area contributed by atoms with Gasteiger partial charge >= 0.3 is 0 Å². The van der Waals surface area contributed by atoms with Crippen molar-refractivity contribution in [1.29, 1.82) is 0 Å². The van der Waals surface area contributed by atoms with Crippen molar-refractivity contribution in [3.63, 3.8) is 0 Å². The van der Waals surface area contributed by atoms with Gasteiger partial charge in [0.15, 0.2) is 5.82 Å². The summed E-state index contributed by atoms with van der Waals surface area (Å²) in [6.45, 7) is 0. The number of nitrogens with one attached hydrogen (secondary N) is 1.